The molecule has 0 bridgehead atoms. The number of urea groups is 1. The van der Waals surface area contributed by atoms with E-state index in [-0.39, 0.29) is 25.0 Å². The number of hydrogen-bond donors (Lipinski definition) is 3. The number of carboxylic acid groups (broad SMARTS) is 1. The van der Waals surface area contributed by atoms with Crippen LogP contribution in [-0.4, -0.2) is 29.7 Å². The minimum absolute atomic E-state index is 0.0332. The van der Waals surface area contributed by atoms with E-state index in [4.69, 9.17) is 5.11 Å². The predicted molar refractivity (Wildman–Crippen MR) is 60.2 cm³/mol. The third-order valence-electron chi connectivity index (χ3n) is 2.90. The van der Waals surface area contributed by atoms with Gasteiger partial charge in [0, 0.05) is 12.6 Å². The van der Waals surface area contributed by atoms with Crippen molar-refractivity contribution in [2.24, 2.45) is 5.92 Å². The minimum atomic E-state index is -0.897. The maximum atomic E-state index is 11.4. The summed E-state index contributed by atoms with van der Waals surface area (Å²) < 4.78 is 0. The van der Waals surface area contributed by atoms with Crippen LogP contribution < -0.4 is 10.6 Å². The Kier molecular flexibility index (Phi) is 5.08. The summed E-state index contributed by atoms with van der Waals surface area (Å²) in [6, 6.07) is -0.00562. The van der Waals surface area contributed by atoms with E-state index < -0.39 is 5.97 Å². The molecule has 16 heavy (non-hydrogen) atoms. The molecular weight excluding hydrogens is 208 g/mol. The average Bonchev–Trinajstić information content (AvgIpc) is 2.16. The van der Waals surface area contributed by atoms with Crippen LogP contribution in [-0.2, 0) is 4.79 Å². The Labute approximate surface area is 95.6 Å². The summed E-state index contributed by atoms with van der Waals surface area (Å²) in [5.74, 6) is -0.232. The summed E-state index contributed by atoms with van der Waals surface area (Å²) in [6.07, 6.45) is 4.40. The third-order valence-corrected chi connectivity index (χ3v) is 2.90. The van der Waals surface area contributed by atoms with Crippen LogP contribution in [0.4, 0.5) is 4.79 Å². The van der Waals surface area contributed by atoms with Crippen molar-refractivity contribution in [3.8, 4) is 0 Å². The van der Waals surface area contributed by atoms with E-state index in [9.17, 15) is 9.59 Å². The maximum Gasteiger partial charge on any atom is 0.315 e. The van der Waals surface area contributed by atoms with Crippen LogP contribution in [0.2, 0.25) is 0 Å². The van der Waals surface area contributed by atoms with Crippen molar-refractivity contribution in [2.75, 3.05) is 6.54 Å². The van der Waals surface area contributed by atoms with Crippen LogP contribution in [0.15, 0.2) is 0 Å². The monoisotopic (exact) mass is 228 g/mol. The SMILES string of the molecule is CC1CCCC(NC(=O)NCCC(=O)O)C1. The zero-order valence-electron chi connectivity index (χ0n) is 9.66. The highest BCUT2D eigenvalue weighted by molar-refractivity contribution is 5.75. The van der Waals surface area contributed by atoms with E-state index in [0.29, 0.717) is 5.92 Å². The van der Waals surface area contributed by atoms with Crippen LogP contribution in [0.5, 0.6) is 0 Å². The van der Waals surface area contributed by atoms with Gasteiger partial charge in [-0.1, -0.05) is 19.8 Å². The molecule has 0 radical (unpaired) electrons. The van der Waals surface area contributed by atoms with E-state index in [0.717, 1.165) is 19.3 Å². The fourth-order valence-electron chi connectivity index (χ4n) is 2.08. The van der Waals surface area contributed by atoms with Gasteiger partial charge in [-0.05, 0) is 18.8 Å². The lowest BCUT2D eigenvalue weighted by Gasteiger charge is -2.27. The van der Waals surface area contributed by atoms with Crippen molar-refractivity contribution in [1.82, 2.24) is 10.6 Å². The largest absolute Gasteiger partial charge is 0.481 e. The molecule has 2 unspecified atom stereocenters. The average molecular weight is 228 g/mol. The number of nitrogens with one attached hydrogen (secondary N) is 2. The summed E-state index contributed by atoms with van der Waals surface area (Å²) in [7, 11) is 0. The van der Waals surface area contributed by atoms with Gasteiger partial charge < -0.3 is 15.7 Å². The topological polar surface area (TPSA) is 78.4 Å². The molecule has 0 aliphatic heterocycles. The summed E-state index contributed by atoms with van der Waals surface area (Å²) in [5.41, 5.74) is 0. The van der Waals surface area contributed by atoms with Gasteiger partial charge >= 0.3 is 12.0 Å². The fraction of sp³-hybridized carbons (Fsp3) is 0.818. The summed E-state index contributed by atoms with van der Waals surface area (Å²) >= 11 is 0. The van der Waals surface area contributed by atoms with Crippen LogP contribution in [0, 0.1) is 5.92 Å². The molecule has 2 amide bonds. The Bertz CT molecular complexity index is 256. The van der Waals surface area contributed by atoms with Crippen LogP contribution in [0.25, 0.3) is 0 Å². The normalized spacial score (nSPS) is 24.8. The lowest BCUT2D eigenvalue weighted by atomic mass is 9.87. The van der Waals surface area contributed by atoms with Crippen LogP contribution in [0.3, 0.4) is 0 Å². The number of hydrogen-bond acceptors (Lipinski definition) is 2. The number of amides is 2. The fourth-order valence-corrected chi connectivity index (χ4v) is 2.08. The molecule has 1 rings (SSSR count). The van der Waals surface area contributed by atoms with Gasteiger partial charge in [0.25, 0.3) is 0 Å². The van der Waals surface area contributed by atoms with Gasteiger partial charge in [0.05, 0.1) is 6.42 Å². The highest BCUT2D eigenvalue weighted by Crippen LogP contribution is 2.23. The van der Waals surface area contributed by atoms with Crippen molar-refractivity contribution in [1.29, 1.82) is 0 Å². The molecule has 1 saturated carbocycles. The Morgan fingerprint density at radius 3 is 2.75 bits per heavy atom. The Hall–Kier alpha value is -1.26. The van der Waals surface area contributed by atoms with Crippen molar-refractivity contribution < 1.29 is 14.7 Å². The molecule has 1 aliphatic rings. The van der Waals surface area contributed by atoms with Crippen molar-refractivity contribution in [3.63, 3.8) is 0 Å². The zero-order chi connectivity index (χ0) is 12.0. The molecular formula is C11H20N2O3. The molecule has 5 nitrogen and oxygen atoms in total. The molecule has 1 aliphatic carbocycles. The van der Waals surface area contributed by atoms with E-state index in [1.54, 1.807) is 0 Å². The Balaban J connectivity index is 2.15. The molecule has 0 aromatic heterocycles. The molecule has 0 heterocycles. The summed E-state index contributed by atoms with van der Waals surface area (Å²) in [5, 5.41) is 13.8. The van der Waals surface area contributed by atoms with Gasteiger partial charge in [0.15, 0.2) is 0 Å². The second kappa shape index (κ2) is 6.35. The number of aliphatic carboxylic acids is 1. The van der Waals surface area contributed by atoms with Gasteiger partial charge in [-0.25, -0.2) is 4.79 Å². The Morgan fingerprint density at radius 2 is 2.12 bits per heavy atom. The molecule has 0 saturated heterocycles. The molecule has 0 spiro atoms. The highest BCUT2D eigenvalue weighted by Gasteiger charge is 2.20. The second-order valence-electron chi connectivity index (χ2n) is 4.51. The minimum Gasteiger partial charge on any atom is -0.481 e. The Morgan fingerprint density at radius 1 is 1.38 bits per heavy atom. The van der Waals surface area contributed by atoms with Gasteiger partial charge in [0.1, 0.15) is 0 Å². The van der Waals surface area contributed by atoms with Crippen LogP contribution >= 0.6 is 0 Å². The predicted octanol–water partition coefficient (Wildman–Crippen LogP) is 1.34. The first-order chi connectivity index (χ1) is 7.58. The van der Waals surface area contributed by atoms with Crippen molar-refractivity contribution in [2.45, 2.75) is 45.1 Å². The molecule has 0 aromatic rings. The summed E-state index contributed by atoms with van der Waals surface area (Å²) in [4.78, 5) is 21.6. The quantitative estimate of drug-likeness (QED) is 0.679. The van der Waals surface area contributed by atoms with Gasteiger partial charge in [0.2, 0.25) is 0 Å². The molecule has 3 N–H and O–H groups in total. The standard InChI is InChI=1S/C11H20N2O3/c1-8-3-2-4-9(7-8)13-11(16)12-6-5-10(14)15/h8-9H,2-7H2,1H3,(H,14,15)(H2,12,13,16). The van der Waals surface area contributed by atoms with E-state index in [2.05, 4.69) is 17.6 Å². The molecule has 0 aromatic carbocycles. The molecule has 92 valence electrons. The second-order valence-corrected chi connectivity index (χ2v) is 4.51. The molecule has 1 fully saturated rings. The molecule has 5 heteroatoms. The molecule has 2 atom stereocenters. The number of rotatable bonds is 4. The van der Waals surface area contributed by atoms with Crippen molar-refractivity contribution in [3.05, 3.63) is 0 Å². The van der Waals surface area contributed by atoms with E-state index >= 15 is 0 Å². The van der Waals surface area contributed by atoms with Gasteiger partial charge in [-0.15, -0.1) is 0 Å². The lowest BCUT2D eigenvalue weighted by molar-refractivity contribution is -0.136. The van der Waals surface area contributed by atoms with Gasteiger partial charge in [-0.2, -0.15) is 0 Å². The maximum absolute atomic E-state index is 11.4. The highest BCUT2D eigenvalue weighted by atomic mass is 16.4. The van der Waals surface area contributed by atoms with Gasteiger partial charge in [-0.3, -0.25) is 4.79 Å². The first kappa shape index (κ1) is 12.8. The first-order valence-corrected chi connectivity index (χ1v) is 5.84. The zero-order valence-corrected chi connectivity index (χ0v) is 9.66. The number of carboxylic acids is 1. The lowest BCUT2D eigenvalue weighted by Crippen LogP contribution is -2.44. The summed E-state index contributed by atoms with van der Waals surface area (Å²) in [6.45, 7) is 2.37. The first-order valence-electron chi connectivity index (χ1n) is 5.84. The van der Waals surface area contributed by atoms with Crippen molar-refractivity contribution >= 4 is 12.0 Å². The third kappa shape index (κ3) is 5.00. The van der Waals surface area contributed by atoms with E-state index in [1.165, 1.54) is 6.42 Å². The van der Waals surface area contributed by atoms with Crippen LogP contribution in [0.1, 0.15) is 39.0 Å². The number of carbonyl (C=O) groups excluding carboxylic acids is 1. The number of carbonyl (C=O) groups is 2. The smallest absolute Gasteiger partial charge is 0.315 e. The van der Waals surface area contributed by atoms with E-state index in [1.807, 2.05) is 0 Å².